The van der Waals surface area contributed by atoms with Crippen molar-refractivity contribution in [2.24, 2.45) is 0 Å². The van der Waals surface area contributed by atoms with E-state index in [4.69, 9.17) is 4.98 Å². The summed E-state index contributed by atoms with van der Waals surface area (Å²) in [4.78, 5) is 6.11. The van der Waals surface area contributed by atoms with Crippen LogP contribution in [-0.2, 0) is 13.0 Å². The summed E-state index contributed by atoms with van der Waals surface area (Å²) in [6.07, 6.45) is 2.18. The fourth-order valence-corrected chi connectivity index (χ4v) is 2.87. The van der Waals surface area contributed by atoms with Crippen LogP contribution in [0.25, 0.3) is 11.3 Å². The van der Waals surface area contributed by atoms with E-state index >= 15 is 0 Å². The van der Waals surface area contributed by atoms with Crippen molar-refractivity contribution in [2.45, 2.75) is 33.2 Å². The molecule has 0 aliphatic rings. The topological polar surface area (TPSA) is 24.9 Å². The quantitative estimate of drug-likeness (QED) is 0.797. The first kappa shape index (κ1) is 13.2. The summed E-state index contributed by atoms with van der Waals surface area (Å²) < 4.78 is 0. The summed E-state index contributed by atoms with van der Waals surface area (Å²) in [5, 5.41) is 4.69. The number of benzene rings is 1. The van der Waals surface area contributed by atoms with E-state index in [1.807, 2.05) is 17.4 Å². The molecule has 96 valence electrons. The molecular weight excluding hydrogens is 240 g/mol. The van der Waals surface area contributed by atoms with Crippen LogP contribution in [0.5, 0.6) is 0 Å². The Hall–Kier alpha value is -1.19. The van der Waals surface area contributed by atoms with Crippen LogP contribution in [-0.4, -0.2) is 11.5 Å². The van der Waals surface area contributed by atoms with Crippen molar-refractivity contribution in [3.8, 4) is 11.3 Å². The summed E-state index contributed by atoms with van der Waals surface area (Å²) in [7, 11) is 0. The SMILES string of the molecule is CCCNCc1sc(CC)nc1-c1ccccc1. The fourth-order valence-electron chi connectivity index (χ4n) is 1.87. The van der Waals surface area contributed by atoms with Crippen molar-refractivity contribution >= 4 is 11.3 Å². The molecule has 0 spiro atoms. The standard InChI is InChI=1S/C15H20N2S/c1-3-10-16-11-13-15(17-14(4-2)18-13)12-8-6-5-7-9-12/h5-9,16H,3-4,10-11H2,1-2H3. The lowest BCUT2D eigenvalue weighted by molar-refractivity contribution is 0.681. The van der Waals surface area contributed by atoms with Crippen molar-refractivity contribution in [1.29, 1.82) is 0 Å². The van der Waals surface area contributed by atoms with Gasteiger partial charge in [-0.3, -0.25) is 0 Å². The fraction of sp³-hybridized carbons (Fsp3) is 0.400. The molecule has 2 rings (SSSR count). The molecule has 1 heterocycles. The van der Waals surface area contributed by atoms with Gasteiger partial charge in [0.25, 0.3) is 0 Å². The van der Waals surface area contributed by atoms with Gasteiger partial charge in [-0.05, 0) is 19.4 Å². The highest BCUT2D eigenvalue weighted by Gasteiger charge is 2.11. The first-order valence-corrected chi connectivity index (χ1v) is 7.41. The molecule has 0 aliphatic carbocycles. The summed E-state index contributed by atoms with van der Waals surface area (Å²) in [5.74, 6) is 0. The van der Waals surface area contributed by atoms with Gasteiger partial charge in [-0.2, -0.15) is 0 Å². The number of rotatable bonds is 6. The van der Waals surface area contributed by atoms with E-state index < -0.39 is 0 Å². The molecule has 1 aromatic heterocycles. The summed E-state index contributed by atoms with van der Waals surface area (Å²) in [5.41, 5.74) is 2.38. The molecule has 0 radical (unpaired) electrons. The zero-order valence-electron chi connectivity index (χ0n) is 11.1. The molecule has 0 atom stereocenters. The molecule has 0 saturated heterocycles. The monoisotopic (exact) mass is 260 g/mol. The van der Waals surface area contributed by atoms with Gasteiger partial charge >= 0.3 is 0 Å². The van der Waals surface area contributed by atoms with E-state index in [0.29, 0.717) is 0 Å². The maximum absolute atomic E-state index is 4.76. The zero-order valence-corrected chi connectivity index (χ0v) is 11.9. The van der Waals surface area contributed by atoms with Crippen molar-refractivity contribution in [3.63, 3.8) is 0 Å². The number of aryl methyl sites for hydroxylation is 1. The minimum absolute atomic E-state index is 0.926. The Bertz CT molecular complexity index is 476. The van der Waals surface area contributed by atoms with Crippen molar-refractivity contribution < 1.29 is 0 Å². The maximum Gasteiger partial charge on any atom is 0.0933 e. The molecule has 0 unspecified atom stereocenters. The first-order valence-electron chi connectivity index (χ1n) is 6.59. The molecule has 0 fully saturated rings. The highest BCUT2D eigenvalue weighted by molar-refractivity contribution is 7.12. The third kappa shape index (κ3) is 3.18. The van der Waals surface area contributed by atoms with Gasteiger partial charge in [0.15, 0.2) is 0 Å². The van der Waals surface area contributed by atoms with Gasteiger partial charge in [0, 0.05) is 17.0 Å². The number of hydrogen-bond donors (Lipinski definition) is 1. The van der Waals surface area contributed by atoms with Crippen LogP contribution >= 0.6 is 11.3 Å². The summed E-state index contributed by atoms with van der Waals surface area (Å²) in [6.45, 7) is 6.34. The largest absolute Gasteiger partial charge is 0.312 e. The highest BCUT2D eigenvalue weighted by atomic mass is 32.1. The maximum atomic E-state index is 4.76. The van der Waals surface area contributed by atoms with E-state index in [9.17, 15) is 0 Å². The molecule has 18 heavy (non-hydrogen) atoms. The summed E-state index contributed by atoms with van der Waals surface area (Å²) >= 11 is 1.83. The van der Waals surface area contributed by atoms with Gasteiger partial charge in [-0.1, -0.05) is 44.2 Å². The average Bonchev–Trinajstić information content (AvgIpc) is 2.83. The molecule has 1 N–H and O–H groups in total. The lowest BCUT2D eigenvalue weighted by Crippen LogP contribution is -2.13. The van der Waals surface area contributed by atoms with Gasteiger partial charge in [0.05, 0.1) is 10.7 Å². The van der Waals surface area contributed by atoms with Crippen LogP contribution < -0.4 is 5.32 Å². The molecule has 3 heteroatoms. The molecule has 0 amide bonds. The smallest absolute Gasteiger partial charge is 0.0933 e. The Balaban J connectivity index is 2.24. The summed E-state index contributed by atoms with van der Waals surface area (Å²) in [6, 6.07) is 10.5. The Morgan fingerprint density at radius 3 is 2.61 bits per heavy atom. The third-order valence-electron chi connectivity index (χ3n) is 2.80. The van der Waals surface area contributed by atoms with Crippen LogP contribution in [0.3, 0.4) is 0 Å². The van der Waals surface area contributed by atoms with E-state index in [0.717, 1.165) is 25.2 Å². The zero-order chi connectivity index (χ0) is 12.8. The second-order valence-electron chi connectivity index (χ2n) is 4.28. The second kappa shape index (κ2) is 6.66. The molecular formula is C15H20N2S. The Kier molecular flexibility index (Phi) is 4.90. The van der Waals surface area contributed by atoms with Gasteiger partial charge < -0.3 is 5.32 Å². The van der Waals surface area contributed by atoms with Crippen LogP contribution in [0.2, 0.25) is 0 Å². The lowest BCUT2D eigenvalue weighted by atomic mass is 10.1. The van der Waals surface area contributed by atoms with Crippen molar-refractivity contribution in [3.05, 3.63) is 40.2 Å². The van der Waals surface area contributed by atoms with Gasteiger partial charge in [-0.25, -0.2) is 4.98 Å². The van der Waals surface area contributed by atoms with Crippen LogP contribution in [0, 0.1) is 0 Å². The predicted octanol–water partition coefficient (Wildman–Crippen LogP) is 3.87. The molecule has 1 aromatic carbocycles. The van der Waals surface area contributed by atoms with Gasteiger partial charge in [-0.15, -0.1) is 11.3 Å². The number of hydrogen-bond acceptors (Lipinski definition) is 3. The van der Waals surface area contributed by atoms with Crippen LogP contribution in [0.15, 0.2) is 30.3 Å². The van der Waals surface area contributed by atoms with Crippen LogP contribution in [0.1, 0.15) is 30.2 Å². The number of nitrogens with one attached hydrogen (secondary N) is 1. The third-order valence-corrected chi connectivity index (χ3v) is 4.00. The predicted molar refractivity (Wildman–Crippen MR) is 78.9 cm³/mol. The minimum Gasteiger partial charge on any atom is -0.312 e. The molecule has 0 aliphatic heterocycles. The van der Waals surface area contributed by atoms with Gasteiger partial charge in [0.1, 0.15) is 0 Å². The number of nitrogens with zero attached hydrogens (tertiary/aromatic N) is 1. The van der Waals surface area contributed by atoms with E-state index in [-0.39, 0.29) is 0 Å². The van der Waals surface area contributed by atoms with Crippen LogP contribution in [0.4, 0.5) is 0 Å². The van der Waals surface area contributed by atoms with E-state index in [1.165, 1.54) is 21.9 Å². The van der Waals surface area contributed by atoms with E-state index in [1.54, 1.807) is 0 Å². The average molecular weight is 260 g/mol. The number of thiazole rings is 1. The second-order valence-corrected chi connectivity index (χ2v) is 5.44. The van der Waals surface area contributed by atoms with Gasteiger partial charge in [0.2, 0.25) is 0 Å². The van der Waals surface area contributed by atoms with Crippen molar-refractivity contribution in [2.75, 3.05) is 6.54 Å². The highest BCUT2D eigenvalue weighted by Crippen LogP contribution is 2.28. The van der Waals surface area contributed by atoms with Crippen molar-refractivity contribution in [1.82, 2.24) is 10.3 Å². The molecule has 2 aromatic rings. The normalized spacial score (nSPS) is 10.8. The first-order chi connectivity index (χ1) is 8.85. The lowest BCUT2D eigenvalue weighted by Gasteiger charge is -2.03. The minimum atomic E-state index is 0.926. The molecule has 0 bridgehead atoms. The van der Waals surface area contributed by atoms with E-state index in [2.05, 4.69) is 43.4 Å². The Morgan fingerprint density at radius 2 is 1.94 bits per heavy atom. The Morgan fingerprint density at radius 1 is 1.17 bits per heavy atom. The molecule has 0 saturated carbocycles. The number of aromatic nitrogens is 1. The Labute approximate surface area is 113 Å². The molecule has 2 nitrogen and oxygen atoms in total.